The van der Waals surface area contributed by atoms with E-state index in [0.717, 1.165) is 50.0 Å². The Morgan fingerprint density at radius 1 is 0.308 bits per heavy atom. The third kappa shape index (κ3) is 16.5. The number of hydrogen-bond donors (Lipinski definition) is 2. The predicted octanol–water partition coefficient (Wildman–Crippen LogP) is 33.2. The molecule has 0 unspecified atom stereocenters. The first-order valence-electron chi connectivity index (χ1n) is 38.7. The van der Waals surface area contributed by atoms with Crippen molar-refractivity contribution in [3.63, 3.8) is 0 Å². The van der Waals surface area contributed by atoms with Crippen molar-refractivity contribution in [2.75, 3.05) is 30.7 Å². The van der Waals surface area contributed by atoms with Gasteiger partial charge in [0.05, 0.1) is 54.9 Å². The van der Waals surface area contributed by atoms with E-state index in [0.29, 0.717) is 15.1 Å². The topological polar surface area (TPSA) is 51.0 Å². The molecular weight excluding hydrogens is 1780 g/mol. The number of nitrogen functional groups attached to an aromatic ring is 1. The average molecular weight is 1850 g/mol. The molecule has 2 aliphatic rings. The highest BCUT2D eigenvalue weighted by Gasteiger charge is 2.47. The molecule has 18 heteroatoms. The van der Waals surface area contributed by atoms with Crippen molar-refractivity contribution in [1.82, 2.24) is 0 Å². The second-order valence-corrected chi connectivity index (χ2v) is 36.6. The maximum absolute atomic E-state index is 7.46. The molecule has 0 saturated heterocycles. The highest BCUT2D eigenvalue weighted by molar-refractivity contribution is 9.11. The zero-order valence-corrected chi connectivity index (χ0v) is 74.3. The molecular formula is C102H70BBr2Cl3N6S6. The lowest BCUT2D eigenvalue weighted by molar-refractivity contribution is 1.27. The third-order valence-electron chi connectivity index (χ3n) is 20.6. The average Bonchev–Trinajstić information content (AvgIpc) is 1.51. The summed E-state index contributed by atoms with van der Waals surface area (Å²) < 4.78 is 12.7. The minimum Gasteiger partial charge on any atom is -0.399 e. The van der Waals surface area contributed by atoms with Crippen molar-refractivity contribution in [1.29, 1.82) is 0 Å². The van der Waals surface area contributed by atoms with Crippen molar-refractivity contribution in [3.8, 4) is 0 Å². The lowest BCUT2D eigenvalue weighted by atomic mass is 9.39. The summed E-state index contributed by atoms with van der Waals surface area (Å²) in [6, 6.07) is 133. The number of nitrogens with zero attached hydrogens (tertiary/aromatic N) is 4. The first kappa shape index (κ1) is 79.8. The summed E-state index contributed by atoms with van der Waals surface area (Å²) in [5, 5.41) is 21.7. The number of rotatable bonds is 10. The van der Waals surface area contributed by atoms with E-state index in [1.165, 1.54) is 120 Å². The van der Waals surface area contributed by atoms with Crippen molar-refractivity contribution in [2.24, 2.45) is 0 Å². The van der Waals surface area contributed by atoms with E-state index in [-0.39, 0.29) is 6.71 Å². The van der Waals surface area contributed by atoms with Crippen LogP contribution in [-0.4, -0.2) is 6.71 Å². The van der Waals surface area contributed by atoms with Gasteiger partial charge in [-0.2, -0.15) is 0 Å². The lowest BCUT2D eigenvalue weighted by Crippen LogP contribution is -2.59. The standard InChI is InChI=1S/C34H21BN2S2.C34H23ClN2S2.C14H11NS.C8H5BrS.C6H3BrCl2.C6H7N/c1-3-12-22(13-4-1)36-26-18-11-19-27-30(26)35(33-31(36)24-16-7-9-20-28(24)38-33)34-32(25-17-8-10-21-29(25)39-34)37(27)23-14-5-2-6-15-23;35-34-28(36(24-12-3-1-4-13-24)30-22-38-32-20-9-7-16-26(30)32)18-11-19-29(34)37(25-14-5-2-6-15-25)31-23-39-33-21-10-8-17-27(31)33;1-2-6-11(7-3-1)15-13-10-16-14-9-5-4-8-12(13)14;9-7-5-10-8-4-2-1-3-6(7)8;7-4-2-1-3-5(8)6(4)9;7-6-4-2-1-3-5-6/h1-21H;1-23H;1-10,15H;1-5H;1-3H;1-5H,7H2. The molecule has 0 amide bonds. The van der Waals surface area contributed by atoms with Crippen LogP contribution in [-0.2, 0) is 0 Å². The van der Waals surface area contributed by atoms with Crippen LogP contribution in [0.4, 0.5) is 85.3 Å². The van der Waals surface area contributed by atoms with Gasteiger partial charge in [-0.1, -0.05) is 271 Å². The number of benzene rings is 15. The monoisotopic (exact) mass is 1840 g/mol. The maximum Gasteiger partial charge on any atom is 0.277 e. The highest BCUT2D eigenvalue weighted by atomic mass is 79.9. The molecule has 3 N–H and O–H groups in total. The SMILES string of the molecule is Brc1csc2ccccc12.Clc1c(N(c2ccccc2)c2csc3ccccc23)cccc1N(c1ccccc1)c1csc2ccccc12.Clc1cccc(Br)c1Cl.Nc1ccccc1.c1ccc(N2c3cccc4c3B(c3sc5ccccc5c32)c2sc3ccccc3c2N4c2ccccc2)cc1.c1ccc(Nc2csc3ccccc23)cc1. The Balaban J connectivity index is 0.000000112. The van der Waals surface area contributed by atoms with Crippen molar-refractivity contribution < 1.29 is 0 Å². The lowest BCUT2D eigenvalue weighted by Gasteiger charge is -2.42. The molecule has 0 fully saturated rings. The Labute approximate surface area is 753 Å². The van der Waals surface area contributed by atoms with Gasteiger partial charge in [0.1, 0.15) is 0 Å². The van der Waals surface area contributed by atoms with E-state index in [1.807, 2.05) is 95.5 Å². The highest BCUT2D eigenvalue weighted by Crippen LogP contribution is 2.53. The van der Waals surface area contributed by atoms with Crippen LogP contribution in [0.2, 0.25) is 15.1 Å². The van der Waals surface area contributed by atoms with Gasteiger partial charge in [-0.3, -0.25) is 0 Å². The van der Waals surface area contributed by atoms with Gasteiger partial charge >= 0.3 is 0 Å². The van der Waals surface area contributed by atoms with Crippen molar-refractivity contribution in [3.05, 3.63) is 428 Å². The van der Waals surface area contributed by atoms with Gasteiger partial charge in [0.2, 0.25) is 0 Å². The smallest absolute Gasteiger partial charge is 0.277 e. The Hall–Kier alpha value is -11.2. The number of nitrogens with one attached hydrogen (secondary N) is 1. The largest absolute Gasteiger partial charge is 0.399 e. The maximum atomic E-state index is 7.46. The molecule has 15 aromatic carbocycles. The Kier molecular flexibility index (Phi) is 24.5. The fourth-order valence-corrected chi connectivity index (χ4v) is 23.3. The minimum atomic E-state index is 0.191. The zero-order chi connectivity index (χ0) is 81.4. The van der Waals surface area contributed by atoms with Gasteiger partial charge < -0.3 is 30.7 Å². The Morgan fingerprint density at radius 3 is 1.12 bits per heavy atom. The molecule has 6 nitrogen and oxygen atoms in total. The summed E-state index contributed by atoms with van der Waals surface area (Å²) in [4.78, 5) is 9.56. The van der Waals surface area contributed by atoms with Crippen LogP contribution in [0, 0.1) is 0 Å². The second-order valence-electron chi connectivity index (χ2n) is 28.0. The van der Waals surface area contributed by atoms with Gasteiger partial charge in [0, 0.05) is 146 Å². The summed E-state index contributed by atoms with van der Waals surface area (Å²) in [7, 11) is 0. The number of nitrogens with two attached hydrogens (primary N) is 1. The van der Waals surface area contributed by atoms with Crippen LogP contribution in [0.1, 0.15) is 0 Å². The van der Waals surface area contributed by atoms with Crippen LogP contribution < -0.4 is 45.7 Å². The predicted molar refractivity (Wildman–Crippen MR) is 539 cm³/mol. The quantitative estimate of drug-likeness (QED) is 0.0809. The van der Waals surface area contributed by atoms with E-state index < -0.39 is 0 Å². The summed E-state index contributed by atoms with van der Waals surface area (Å²) in [5.74, 6) is 0. The molecule has 23 rings (SSSR count). The van der Waals surface area contributed by atoms with Crippen LogP contribution in [0.15, 0.2) is 413 Å². The van der Waals surface area contributed by atoms with Crippen LogP contribution in [0.25, 0.3) is 60.5 Å². The van der Waals surface area contributed by atoms with Crippen LogP contribution in [0.3, 0.4) is 0 Å². The van der Waals surface area contributed by atoms with E-state index in [9.17, 15) is 0 Å². The minimum absolute atomic E-state index is 0.191. The summed E-state index contributed by atoms with van der Waals surface area (Å²) >= 11 is 36.5. The third-order valence-corrected chi connectivity index (χ3v) is 29.9. The molecule has 582 valence electrons. The number of thiophene rings is 6. The summed E-state index contributed by atoms with van der Waals surface area (Å²) in [6.45, 7) is 0.191. The Morgan fingerprint density at radius 2 is 0.675 bits per heavy atom. The number of anilines is 15. The van der Waals surface area contributed by atoms with Crippen molar-refractivity contribution in [2.45, 2.75) is 0 Å². The van der Waals surface area contributed by atoms with E-state index in [2.05, 4.69) is 382 Å². The molecule has 0 radical (unpaired) electrons. The van der Waals surface area contributed by atoms with Gasteiger partial charge in [0.15, 0.2) is 0 Å². The number of fused-ring (bicyclic) bond motifs is 12. The van der Waals surface area contributed by atoms with E-state index in [4.69, 9.17) is 40.5 Å². The second kappa shape index (κ2) is 36.8. The fourth-order valence-electron chi connectivity index (χ4n) is 15.2. The normalized spacial score (nSPS) is 11.5. The number of hydrogen-bond acceptors (Lipinski definition) is 12. The van der Waals surface area contributed by atoms with Crippen molar-refractivity contribution >= 4 is 302 Å². The number of halogens is 5. The van der Waals surface area contributed by atoms with Crippen LogP contribution in [0.5, 0.6) is 0 Å². The van der Waals surface area contributed by atoms with Gasteiger partial charge in [0.25, 0.3) is 6.71 Å². The molecule has 2 aliphatic heterocycles. The first-order valence-corrected chi connectivity index (χ1v) is 46.5. The summed E-state index contributed by atoms with van der Waals surface area (Å²) in [5.41, 5.74) is 23.7. The van der Waals surface area contributed by atoms with Crippen LogP contribution >= 0.6 is 135 Å². The molecule has 0 bridgehead atoms. The van der Waals surface area contributed by atoms with E-state index >= 15 is 0 Å². The number of para-hydroxylation sites is 6. The molecule has 21 aromatic rings. The summed E-state index contributed by atoms with van der Waals surface area (Å²) in [6.07, 6.45) is 0. The van der Waals surface area contributed by atoms with E-state index in [1.54, 1.807) is 51.4 Å². The first-order chi connectivity index (χ1) is 59.1. The molecule has 0 spiro atoms. The molecule has 0 atom stereocenters. The Bertz CT molecular complexity index is 6810. The van der Waals surface area contributed by atoms with Gasteiger partial charge in [-0.05, 0) is 183 Å². The molecule has 120 heavy (non-hydrogen) atoms. The molecule has 8 heterocycles. The van der Waals surface area contributed by atoms with Gasteiger partial charge in [-0.15, -0.1) is 68.0 Å². The molecule has 0 saturated carbocycles. The van der Waals surface area contributed by atoms with Gasteiger partial charge in [-0.25, -0.2) is 0 Å². The molecule has 0 aliphatic carbocycles. The fraction of sp³-hybridized carbons (Fsp3) is 0. The molecule has 6 aromatic heterocycles. The zero-order valence-electron chi connectivity index (χ0n) is 64.0.